The number of rotatable bonds is 9. The fourth-order valence-electron chi connectivity index (χ4n) is 2.74. The Morgan fingerprint density at radius 2 is 1.93 bits per heavy atom. The lowest BCUT2D eigenvalue weighted by atomic mass is 10.1. The highest BCUT2D eigenvalue weighted by Gasteiger charge is 2.30. The largest absolute Gasteiger partial charge is 0.351 e. The van der Waals surface area contributed by atoms with Gasteiger partial charge in [-0.15, -0.1) is 0 Å². The van der Waals surface area contributed by atoms with Crippen LogP contribution in [0, 0.1) is 19.8 Å². The SMILES string of the molecule is C=CC(=O)NCCNC(=O)c1cc(Sc2cnc(NC(=O)C3CC3)s2)c(C)cc1C. The Kier molecular flexibility index (Phi) is 7.28. The number of aryl methyl sites for hydroxylation is 2. The van der Waals surface area contributed by atoms with Crippen molar-refractivity contribution in [3.8, 4) is 0 Å². The van der Waals surface area contributed by atoms with Crippen LogP contribution in [0.5, 0.6) is 0 Å². The van der Waals surface area contributed by atoms with Gasteiger partial charge in [0.05, 0.1) is 10.4 Å². The number of hydrogen-bond acceptors (Lipinski definition) is 6. The second-order valence-corrected chi connectivity index (χ2v) is 9.41. The number of aromatic nitrogens is 1. The Bertz CT molecular complexity index is 983. The van der Waals surface area contributed by atoms with Gasteiger partial charge in [-0.1, -0.05) is 35.7 Å². The highest BCUT2D eigenvalue weighted by molar-refractivity contribution is 8.01. The van der Waals surface area contributed by atoms with E-state index in [1.54, 1.807) is 6.20 Å². The highest BCUT2D eigenvalue weighted by Crippen LogP contribution is 2.37. The van der Waals surface area contributed by atoms with Crippen molar-refractivity contribution in [1.29, 1.82) is 0 Å². The summed E-state index contributed by atoms with van der Waals surface area (Å²) in [6.45, 7) is 7.94. The fraction of sp³-hybridized carbons (Fsp3) is 0.333. The maximum atomic E-state index is 12.6. The average Bonchev–Trinajstić information content (AvgIpc) is 3.48. The number of carbonyl (C=O) groups excluding carboxylic acids is 3. The molecule has 9 heteroatoms. The molecule has 0 aliphatic heterocycles. The van der Waals surface area contributed by atoms with Crippen LogP contribution in [0.15, 0.2) is 40.1 Å². The van der Waals surface area contributed by atoms with E-state index < -0.39 is 0 Å². The summed E-state index contributed by atoms with van der Waals surface area (Å²) in [7, 11) is 0. The molecule has 1 heterocycles. The van der Waals surface area contributed by atoms with Crippen LogP contribution in [0.1, 0.15) is 34.3 Å². The van der Waals surface area contributed by atoms with E-state index in [0.717, 1.165) is 33.1 Å². The molecule has 0 bridgehead atoms. The van der Waals surface area contributed by atoms with Crippen LogP contribution in [0.4, 0.5) is 5.13 Å². The van der Waals surface area contributed by atoms with E-state index >= 15 is 0 Å². The summed E-state index contributed by atoms with van der Waals surface area (Å²) >= 11 is 2.94. The van der Waals surface area contributed by atoms with Crippen molar-refractivity contribution >= 4 is 46.0 Å². The molecule has 3 amide bonds. The second kappa shape index (κ2) is 9.90. The molecule has 0 saturated heterocycles. The third kappa shape index (κ3) is 5.93. The van der Waals surface area contributed by atoms with Crippen LogP contribution in [0.2, 0.25) is 0 Å². The van der Waals surface area contributed by atoms with E-state index in [1.165, 1.54) is 29.2 Å². The van der Waals surface area contributed by atoms with Crippen molar-refractivity contribution in [3.63, 3.8) is 0 Å². The standard InChI is InChI=1S/C21H24N4O3S2/c1-4-17(26)22-7-8-23-20(28)15-10-16(13(3)9-12(15)2)29-18-11-24-21(30-18)25-19(27)14-5-6-14/h4,9-11,14H,1,5-8H2,2-3H3,(H,22,26)(H,23,28)(H,24,25,27). The van der Waals surface area contributed by atoms with Gasteiger partial charge in [-0.25, -0.2) is 4.98 Å². The van der Waals surface area contributed by atoms with E-state index in [0.29, 0.717) is 23.8 Å². The third-order valence-electron chi connectivity index (χ3n) is 4.54. The summed E-state index contributed by atoms with van der Waals surface area (Å²) in [4.78, 5) is 40.9. The van der Waals surface area contributed by atoms with Crippen molar-refractivity contribution in [2.45, 2.75) is 35.8 Å². The first-order valence-electron chi connectivity index (χ1n) is 9.61. The number of nitrogens with one attached hydrogen (secondary N) is 3. The van der Waals surface area contributed by atoms with Crippen LogP contribution in [-0.2, 0) is 9.59 Å². The lowest BCUT2D eigenvalue weighted by Gasteiger charge is -2.12. The van der Waals surface area contributed by atoms with E-state index in [4.69, 9.17) is 0 Å². The van der Waals surface area contributed by atoms with Crippen molar-refractivity contribution in [3.05, 3.63) is 47.7 Å². The first-order valence-corrected chi connectivity index (χ1v) is 11.2. The normalized spacial score (nSPS) is 12.9. The zero-order valence-electron chi connectivity index (χ0n) is 16.9. The summed E-state index contributed by atoms with van der Waals surface area (Å²) in [5.41, 5.74) is 2.53. The summed E-state index contributed by atoms with van der Waals surface area (Å²) in [6, 6.07) is 3.85. The van der Waals surface area contributed by atoms with Gasteiger partial charge in [0.2, 0.25) is 11.8 Å². The Hall–Kier alpha value is -2.65. The minimum Gasteiger partial charge on any atom is -0.351 e. The molecule has 1 aromatic carbocycles. The minimum absolute atomic E-state index is 0.0376. The average molecular weight is 445 g/mol. The number of thiazole rings is 1. The smallest absolute Gasteiger partial charge is 0.251 e. The number of hydrogen-bond donors (Lipinski definition) is 3. The second-order valence-electron chi connectivity index (χ2n) is 7.03. The molecule has 1 aliphatic rings. The first-order chi connectivity index (χ1) is 14.4. The number of carbonyl (C=O) groups is 3. The lowest BCUT2D eigenvalue weighted by molar-refractivity contribution is -0.117. The quantitative estimate of drug-likeness (QED) is 0.407. The Balaban J connectivity index is 1.63. The highest BCUT2D eigenvalue weighted by atomic mass is 32.2. The molecule has 0 radical (unpaired) electrons. The Morgan fingerprint density at radius 3 is 2.63 bits per heavy atom. The van der Waals surface area contributed by atoms with Gasteiger partial charge >= 0.3 is 0 Å². The fourth-order valence-corrected chi connectivity index (χ4v) is 4.69. The predicted molar refractivity (Wildman–Crippen MR) is 119 cm³/mol. The number of anilines is 1. The number of nitrogens with zero attached hydrogens (tertiary/aromatic N) is 1. The molecule has 3 rings (SSSR count). The minimum atomic E-state index is -0.272. The van der Waals surface area contributed by atoms with Crippen molar-refractivity contribution in [1.82, 2.24) is 15.6 Å². The van der Waals surface area contributed by atoms with Crippen molar-refractivity contribution < 1.29 is 14.4 Å². The molecule has 1 aliphatic carbocycles. The molecular weight excluding hydrogens is 420 g/mol. The molecule has 30 heavy (non-hydrogen) atoms. The van der Waals surface area contributed by atoms with Gasteiger partial charge in [0.15, 0.2) is 5.13 Å². The lowest BCUT2D eigenvalue weighted by Crippen LogP contribution is -2.34. The molecule has 1 saturated carbocycles. The third-order valence-corrected chi connectivity index (χ3v) is 6.71. The van der Waals surface area contributed by atoms with Gasteiger partial charge in [-0.3, -0.25) is 14.4 Å². The molecule has 0 atom stereocenters. The Morgan fingerprint density at radius 1 is 1.20 bits per heavy atom. The summed E-state index contributed by atoms with van der Waals surface area (Å²) < 4.78 is 0.937. The molecule has 1 aromatic heterocycles. The summed E-state index contributed by atoms with van der Waals surface area (Å²) in [5.74, 6) is -0.290. The van der Waals surface area contributed by atoms with Gasteiger partial charge < -0.3 is 16.0 Å². The van der Waals surface area contributed by atoms with Gasteiger partial charge in [0.25, 0.3) is 5.91 Å². The van der Waals surface area contributed by atoms with E-state index in [-0.39, 0.29) is 23.6 Å². The van der Waals surface area contributed by atoms with Gasteiger partial charge in [0.1, 0.15) is 0 Å². The molecular formula is C21H24N4O3S2. The summed E-state index contributed by atoms with van der Waals surface area (Å²) in [6.07, 6.45) is 4.83. The monoisotopic (exact) mass is 444 g/mol. The van der Waals surface area contributed by atoms with Gasteiger partial charge in [-0.2, -0.15) is 0 Å². The van der Waals surface area contributed by atoms with Gasteiger partial charge in [-0.05, 0) is 50.0 Å². The number of amides is 3. The molecule has 0 spiro atoms. The Labute approximate surface area is 183 Å². The van der Waals surface area contributed by atoms with Gasteiger partial charge in [0, 0.05) is 29.5 Å². The first kappa shape index (κ1) is 22.0. The molecule has 7 nitrogen and oxygen atoms in total. The topological polar surface area (TPSA) is 100 Å². The van der Waals surface area contributed by atoms with Crippen LogP contribution in [-0.4, -0.2) is 35.8 Å². The number of benzene rings is 1. The molecule has 3 N–H and O–H groups in total. The predicted octanol–water partition coefficient (Wildman–Crippen LogP) is 3.29. The van der Waals surface area contributed by atoms with E-state index in [9.17, 15) is 14.4 Å². The maximum Gasteiger partial charge on any atom is 0.251 e. The van der Waals surface area contributed by atoms with Crippen molar-refractivity contribution in [2.24, 2.45) is 5.92 Å². The zero-order valence-corrected chi connectivity index (χ0v) is 18.5. The molecule has 0 unspecified atom stereocenters. The van der Waals surface area contributed by atoms with E-state index in [2.05, 4.69) is 27.5 Å². The molecule has 2 aromatic rings. The van der Waals surface area contributed by atoms with Crippen molar-refractivity contribution in [2.75, 3.05) is 18.4 Å². The van der Waals surface area contributed by atoms with Crippen LogP contribution >= 0.6 is 23.1 Å². The summed E-state index contributed by atoms with van der Waals surface area (Å²) in [5, 5.41) is 8.89. The zero-order chi connectivity index (χ0) is 21.7. The maximum absolute atomic E-state index is 12.6. The molecule has 1 fully saturated rings. The molecule has 158 valence electrons. The van der Waals surface area contributed by atoms with Crippen LogP contribution in [0.3, 0.4) is 0 Å². The van der Waals surface area contributed by atoms with Crippen LogP contribution in [0.25, 0.3) is 0 Å². The van der Waals surface area contributed by atoms with Crippen LogP contribution < -0.4 is 16.0 Å². The van der Waals surface area contributed by atoms with E-state index in [1.807, 2.05) is 26.0 Å².